The molecule has 3 rings (SSSR count). The van der Waals surface area contributed by atoms with Gasteiger partial charge in [-0.25, -0.2) is 13.1 Å². The van der Waals surface area contributed by atoms with Crippen LogP contribution in [0.2, 0.25) is 5.02 Å². The number of halogens is 1. The van der Waals surface area contributed by atoms with Crippen LogP contribution < -0.4 is 4.72 Å². The van der Waals surface area contributed by atoms with Crippen LogP contribution in [0.25, 0.3) is 0 Å². The van der Waals surface area contributed by atoms with Gasteiger partial charge in [0.1, 0.15) is 4.90 Å². The Kier molecular flexibility index (Phi) is 5.40. The lowest BCUT2D eigenvalue weighted by Gasteiger charge is -2.18. The van der Waals surface area contributed by atoms with Crippen molar-refractivity contribution >= 4 is 27.5 Å². The molecule has 0 aliphatic carbocycles. The molecule has 4 nitrogen and oxygen atoms in total. The molecule has 0 aliphatic rings. The lowest BCUT2D eigenvalue weighted by Crippen LogP contribution is -2.35. The highest BCUT2D eigenvalue weighted by Gasteiger charge is 2.28. The molecule has 0 unspecified atom stereocenters. The Morgan fingerprint density at radius 2 is 1.23 bits per heavy atom. The van der Waals surface area contributed by atoms with E-state index in [-0.39, 0.29) is 9.92 Å². The van der Waals surface area contributed by atoms with Gasteiger partial charge in [0.05, 0.1) is 10.9 Å². The molecule has 3 aromatic carbocycles. The van der Waals surface area contributed by atoms with Crippen molar-refractivity contribution in [2.75, 3.05) is 0 Å². The predicted molar refractivity (Wildman–Crippen MR) is 102 cm³/mol. The summed E-state index contributed by atoms with van der Waals surface area (Å²) in [5.74, 6) is -1.39. The van der Waals surface area contributed by atoms with Crippen molar-refractivity contribution in [3.8, 4) is 0 Å². The average molecular weight is 386 g/mol. The third-order valence-corrected chi connectivity index (χ3v) is 5.74. The van der Waals surface area contributed by atoms with Gasteiger partial charge >= 0.3 is 0 Å². The summed E-state index contributed by atoms with van der Waals surface area (Å²) in [6.07, 6.45) is 0. The summed E-state index contributed by atoms with van der Waals surface area (Å²) in [4.78, 5) is 12.8. The van der Waals surface area contributed by atoms with Crippen LogP contribution in [0.4, 0.5) is 0 Å². The van der Waals surface area contributed by atoms with Crippen LogP contribution in [0.15, 0.2) is 89.8 Å². The molecule has 6 heteroatoms. The summed E-state index contributed by atoms with van der Waals surface area (Å²) in [6, 6.07) is 24.1. The monoisotopic (exact) mass is 385 g/mol. The zero-order valence-corrected chi connectivity index (χ0v) is 15.2. The highest BCUT2D eigenvalue weighted by molar-refractivity contribution is 7.90. The molecular weight excluding hydrogens is 370 g/mol. The molecule has 0 aliphatic heterocycles. The van der Waals surface area contributed by atoms with Crippen molar-refractivity contribution in [1.82, 2.24) is 4.72 Å². The molecule has 132 valence electrons. The molecule has 3 aromatic rings. The number of rotatable bonds is 5. The Bertz CT molecular complexity index is 966. The van der Waals surface area contributed by atoms with Crippen molar-refractivity contribution in [3.05, 3.63) is 101 Å². The number of sulfonamides is 1. The largest absolute Gasteiger partial charge is 0.273 e. The lowest BCUT2D eigenvalue weighted by molar-refractivity contribution is -0.119. The Hall–Kier alpha value is -2.63. The normalized spacial score (nSPS) is 11.3. The van der Waals surface area contributed by atoms with Gasteiger partial charge in [-0.1, -0.05) is 84.4 Å². The molecule has 0 spiro atoms. The van der Waals surface area contributed by atoms with Crippen LogP contribution in [0.5, 0.6) is 0 Å². The van der Waals surface area contributed by atoms with Crippen LogP contribution in [-0.4, -0.2) is 14.3 Å². The first-order valence-electron chi connectivity index (χ1n) is 7.90. The molecule has 26 heavy (non-hydrogen) atoms. The van der Waals surface area contributed by atoms with E-state index in [9.17, 15) is 13.2 Å². The minimum atomic E-state index is -4.08. The van der Waals surface area contributed by atoms with Crippen molar-refractivity contribution in [2.45, 2.75) is 10.8 Å². The van der Waals surface area contributed by atoms with Crippen LogP contribution in [0.1, 0.15) is 17.0 Å². The van der Waals surface area contributed by atoms with Crippen LogP contribution in [-0.2, 0) is 14.8 Å². The van der Waals surface area contributed by atoms with E-state index in [0.29, 0.717) is 11.1 Å². The minimum Gasteiger partial charge on any atom is -0.273 e. The Labute approximate surface area is 157 Å². The molecular formula is C20H16ClNO3S. The van der Waals surface area contributed by atoms with E-state index in [1.807, 2.05) is 12.1 Å². The number of carbonyl (C=O) groups excluding carboxylic acids is 1. The van der Waals surface area contributed by atoms with Crippen molar-refractivity contribution in [3.63, 3.8) is 0 Å². The Morgan fingerprint density at radius 3 is 1.73 bits per heavy atom. The lowest BCUT2D eigenvalue weighted by atomic mass is 9.91. The van der Waals surface area contributed by atoms with Gasteiger partial charge in [0.2, 0.25) is 5.91 Å². The van der Waals surface area contributed by atoms with E-state index in [2.05, 4.69) is 4.72 Å². The summed E-state index contributed by atoms with van der Waals surface area (Å²) in [6.45, 7) is 0. The van der Waals surface area contributed by atoms with Crippen molar-refractivity contribution in [2.24, 2.45) is 0 Å². The van der Waals surface area contributed by atoms with Crippen LogP contribution in [0.3, 0.4) is 0 Å². The molecule has 0 saturated heterocycles. The molecule has 0 radical (unpaired) electrons. The zero-order chi connectivity index (χ0) is 18.6. The third kappa shape index (κ3) is 3.95. The van der Waals surface area contributed by atoms with Gasteiger partial charge in [-0.15, -0.1) is 0 Å². The second kappa shape index (κ2) is 7.72. The SMILES string of the molecule is O=C(NS(=O)(=O)c1ccccc1Cl)C(c1ccccc1)c1ccccc1. The maximum absolute atomic E-state index is 12.9. The highest BCUT2D eigenvalue weighted by atomic mass is 35.5. The fraction of sp³-hybridized carbons (Fsp3) is 0.0500. The number of nitrogens with one attached hydrogen (secondary N) is 1. The third-order valence-electron chi connectivity index (χ3n) is 3.89. The molecule has 0 aromatic heterocycles. The Morgan fingerprint density at radius 1 is 0.769 bits per heavy atom. The number of amides is 1. The fourth-order valence-electron chi connectivity index (χ4n) is 2.70. The molecule has 0 heterocycles. The number of hydrogen-bond donors (Lipinski definition) is 1. The van der Waals surface area contributed by atoms with Crippen molar-refractivity contribution in [1.29, 1.82) is 0 Å². The Balaban J connectivity index is 1.98. The first-order chi connectivity index (χ1) is 12.5. The minimum absolute atomic E-state index is 0.0590. The van der Waals surface area contributed by atoms with Gasteiger partial charge in [-0.3, -0.25) is 4.79 Å². The molecule has 1 N–H and O–H groups in total. The second-order valence-electron chi connectivity index (χ2n) is 5.65. The summed E-state index contributed by atoms with van der Waals surface area (Å²) in [5.41, 5.74) is 1.40. The quantitative estimate of drug-likeness (QED) is 0.722. The van der Waals surface area contributed by atoms with E-state index in [1.54, 1.807) is 60.7 Å². The smallest absolute Gasteiger partial charge is 0.265 e. The summed E-state index contributed by atoms with van der Waals surface area (Å²) < 4.78 is 27.4. The standard InChI is InChI=1S/C20H16ClNO3S/c21-17-13-7-8-14-18(17)26(24,25)22-20(23)19(15-9-3-1-4-10-15)16-11-5-2-6-12-16/h1-14,19H,(H,22,23). The second-order valence-corrected chi connectivity index (χ2v) is 7.71. The van der Waals surface area contributed by atoms with E-state index in [1.165, 1.54) is 12.1 Å². The predicted octanol–water partition coefficient (Wildman–Crippen LogP) is 3.98. The summed E-state index contributed by atoms with van der Waals surface area (Å²) in [7, 11) is -4.08. The van der Waals surface area contributed by atoms with E-state index in [4.69, 9.17) is 11.6 Å². The molecule has 0 saturated carbocycles. The van der Waals surface area contributed by atoms with E-state index >= 15 is 0 Å². The van der Waals surface area contributed by atoms with E-state index in [0.717, 1.165) is 0 Å². The molecule has 0 bridgehead atoms. The van der Waals surface area contributed by atoms with E-state index < -0.39 is 21.8 Å². The molecule has 1 amide bonds. The first kappa shape index (κ1) is 18.2. The van der Waals surface area contributed by atoms with Gasteiger partial charge in [0.15, 0.2) is 0 Å². The maximum Gasteiger partial charge on any atom is 0.265 e. The fourth-order valence-corrected chi connectivity index (χ4v) is 4.21. The van der Waals surface area contributed by atoms with Gasteiger partial charge in [-0.05, 0) is 23.3 Å². The topological polar surface area (TPSA) is 63.2 Å². The average Bonchev–Trinajstić information content (AvgIpc) is 2.63. The van der Waals surface area contributed by atoms with Gasteiger partial charge < -0.3 is 0 Å². The number of carbonyl (C=O) groups is 1. The first-order valence-corrected chi connectivity index (χ1v) is 9.76. The van der Waals surface area contributed by atoms with Gasteiger partial charge in [0.25, 0.3) is 10.0 Å². The molecule has 0 fully saturated rings. The highest BCUT2D eigenvalue weighted by Crippen LogP contribution is 2.26. The van der Waals surface area contributed by atoms with Crippen LogP contribution in [0, 0.1) is 0 Å². The van der Waals surface area contributed by atoms with Gasteiger partial charge in [-0.2, -0.15) is 0 Å². The van der Waals surface area contributed by atoms with Crippen molar-refractivity contribution < 1.29 is 13.2 Å². The zero-order valence-electron chi connectivity index (χ0n) is 13.7. The van der Waals surface area contributed by atoms with Crippen LogP contribution >= 0.6 is 11.6 Å². The number of hydrogen-bond acceptors (Lipinski definition) is 3. The summed E-state index contributed by atoms with van der Waals surface area (Å²) in [5, 5.41) is 0.0590. The maximum atomic E-state index is 12.9. The summed E-state index contributed by atoms with van der Waals surface area (Å²) >= 11 is 5.98. The molecule has 0 atom stereocenters. The number of benzene rings is 3. The van der Waals surface area contributed by atoms with Gasteiger partial charge in [0, 0.05) is 0 Å².